The van der Waals surface area contributed by atoms with Crippen LogP contribution in [0.5, 0.6) is 11.5 Å². The number of halogens is 3. The molecule has 0 fully saturated rings. The van der Waals surface area contributed by atoms with Crippen molar-refractivity contribution in [1.82, 2.24) is 24.5 Å². The average molecular weight is 1770 g/mol. The molecule has 2 aliphatic heterocycles. The van der Waals surface area contributed by atoms with Gasteiger partial charge in [-0.1, -0.05) is 95.2 Å². The molecule has 0 spiro atoms. The van der Waals surface area contributed by atoms with E-state index < -0.39 is 44.9 Å². The van der Waals surface area contributed by atoms with Crippen LogP contribution < -0.4 is 14.0 Å². The highest BCUT2D eigenvalue weighted by Crippen LogP contribution is 2.41. The smallest absolute Gasteiger partial charge is 0.485 e. The summed E-state index contributed by atoms with van der Waals surface area (Å²) in [5.74, 6) is 2.46. The number of rotatable bonds is 41. The second-order valence-corrected chi connectivity index (χ2v) is 32.9. The molecule has 2 atom stereocenters. The highest BCUT2D eigenvalue weighted by Gasteiger charge is 2.41. The van der Waals surface area contributed by atoms with E-state index in [1.807, 2.05) is 121 Å². The molecule has 0 saturated heterocycles. The first-order valence-electron chi connectivity index (χ1n) is 39.3. The molecule has 0 amide bonds. The lowest BCUT2D eigenvalue weighted by Gasteiger charge is -2.21. The number of fused-ring (bicyclic) bond motifs is 6. The number of alkyl halides is 3. The number of aliphatic hydroxyl groups excluding tert-OH is 1. The number of nitrogens with zero attached hydrogens (tertiary/aromatic N) is 14. The summed E-state index contributed by atoms with van der Waals surface area (Å²) in [6.45, 7) is 30.8. The molecule has 10 rings (SSSR count). The quantitative estimate of drug-likeness (QED) is 0.00428. The molecule has 40 heteroatoms. The number of carbonyl (C=O) groups is 4. The molecular formula is C83H105F3N14O20S3. The monoisotopic (exact) mass is 1770 g/mol. The maximum atomic E-state index is 13.3. The van der Waals surface area contributed by atoms with Gasteiger partial charge < -0.3 is 66.5 Å². The number of carbonyl (C=O) groups excluding carboxylic acids is 4. The first-order chi connectivity index (χ1) is 58.6. The molecule has 6 heterocycles. The number of benzene rings is 4. The minimum atomic E-state index is -6.09. The Labute approximate surface area is 719 Å². The van der Waals surface area contributed by atoms with Gasteiger partial charge in [-0.05, 0) is 134 Å². The molecule has 666 valence electrons. The second kappa shape index (κ2) is 49.9. The van der Waals surface area contributed by atoms with Crippen molar-refractivity contribution in [2.75, 3.05) is 119 Å². The van der Waals surface area contributed by atoms with Gasteiger partial charge in [0.2, 0.25) is 5.82 Å². The van der Waals surface area contributed by atoms with Gasteiger partial charge in [0, 0.05) is 61.4 Å². The summed E-state index contributed by atoms with van der Waals surface area (Å²) < 4.78 is 130. The highest BCUT2D eigenvalue weighted by molar-refractivity contribution is 7.86. The van der Waals surface area contributed by atoms with Crippen molar-refractivity contribution >= 4 is 68.1 Å². The number of aromatic nitrogens is 6. The maximum Gasteiger partial charge on any atom is 0.485 e. The van der Waals surface area contributed by atoms with Gasteiger partial charge in [-0.25, -0.2) is 8.42 Å². The fourth-order valence-corrected chi connectivity index (χ4v) is 14.0. The Morgan fingerprint density at radius 3 is 1.35 bits per heavy atom. The van der Waals surface area contributed by atoms with Gasteiger partial charge in [0.1, 0.15) is 46.1 Å². The van der Waals surface area contributed by atoms with Crippen LogP contribution in [-0.2, 0) is 89.8 Å². The van der Waals surface area contributed by atoms with Gasteiger partial charge in [-0.3, -0.25) is 33.7 Å². The summed E-state index contributed by atoms with van der Waals surface area (Å²) in [5, 5.41) is 31.6. The largest absolute Gasteiger partial charge is 0.741 e. The summed E-state index contributed by atoms with van der Waals surface area (Å²) in [6, 6.07) is 33.1. The van der Waals surface area contributed by atoms with Crippen LogP contribution in [0, 0.1) is 41.5 Å². The Hall–Kier alpha value is -10.3. The first-order valence-corrected chi connectivity index (χ1v) is 42.3. The number of aliphatic hydroxyl groups is 1. The standard InChI is InChI=1S/C41H52N7O8S.C23H26N4O2S.C18H27N3O7.CHF3O3S/c1-28-29(2)57-40-37(28)38(32-10-8-7-9-11-32)44-34(26-36(50)56-41(4,5)6)39-45-47(30(3)48(39)40)27-31-12-14-33(15-13-31)55-35(49)16-18-51-20-22-53-24-25-54-23-21-52-19-17-43-46-42;1-13-14(2)30-22-19(13)20(16-10-8-7-9-11-16)24-17(12-18(28)29-23(4,5)6)21-26-25-15(3)27(21)22;19-21-20-6-8-25-10-12-27-14-13-26-11-9-24-7-5-18(23)28-17-3-1-16(15-22)2-4-17;2-1(3,4)8(5,6)7/h7-15,34H,16-27H2,1-6H3;7-11,17H,12H2,1-6H3;1-4,22H,5-15H2;(H,5,6,7)/q+1;;;/p-1/t34-;17-;;/m00../s1. The maximum absolute atomic E-state index is 13.3. The molecule has 34 nitrogen and oxygen atoms in total. The van der Waals surface area contributed by atoms with Gasteiger partial charge >= 0.3 is 35.2 Å². The van der Waals surface area contributed by atoms with E-state index in [1.54, 1.807) is 59.1 Å². The van der Waals surface area contributed by atoms with Gasteiger partial charge in [-0.15, -0.1) is 37.6 Å². The van der Waals surface area contributed by atoms with Crippen LogP contribution in [0.4, 0.5) is 13.2 Å². The van der Waals surface area contributed by atoms with Gasteiger partial charge in [0.15, 0.2) is 27.0 Å². The lowest BCUT2D eigenvalue weighted by Crippen LogP contribution is -2.38. The third-order valence-corrected chi connectivity index (χ3v) is 20.4. The van der Waals surface area contributed by atoms with Crippen molar-refractivity contribution in [3.05, 3.63) is 208 Å². The van der Waals surface area contributed by atoms with E-state index >= 15 is 0 Å². The molecule has 2 aliphatic rings. The third-order valence-electron chi connectivity index (χ3n) is 17.5. The van der Waals surface area contributed by atoms with Crippen molar-refractivity contribution in [3.63, 3.8) is 0 Å². The molecule has 0 unspecified atom stereocenters. The minimum absolute atomic E-state index is 0.0342. The summed E-state index contributed by atoms with van der Waals surface area (Å²) in [7, 11) is -6.09. The molecule has 4 aromatic carbocycles. The zero-order valence-electron chi connectivity index (χ0n) is 70.8. The second-order valence-electron chi connectivity index (χ2n) is 29.2. The van der Waals surface area contributed by atoms with Crippen molar-refractivity contribution in [1.29, 1.82) is 0 Å². The fourth-order valence-electron chi connectivity index (χ4n) is 11.6. The van der Waals surface area contributed by atoms with Crippen LogP contribution in [0.15, 0.2) is 129 Å². The fraction of sp³-hybridized carbons (Fsp3) is 0.494. The SMILES string of the molecule is Cc1sc2c(c1C)C(c1ccccc1)=N[C@@H](CC(=O)OC(C)(C)C)c1nn(Cc3ccc(OC(=O)CCOCCOCCOCCOCCN=[N+]=[N-])cc3)c(C)[n+]1-2.Cc1sc2c(c1C)C(c1ccccc1)=N[C@@H](CC(=O)OC(C)(C)C)c1nnc(C)n1-2.O=S(=O)([O-])C(F)(F)F.[N-]=[N+]=NCCOCCOCCOCCOCCC(=O)Oc1ccc(CO)cc1. The summed E-state index contributed by atoms with van der Waals surface area (Å²) >= 11 is 3.40. The van der Waals surface area contributed by atoms with Crippen molar-refractivity contribution in [2.24, 2.45) is 20.2 Å². The number of aliphatic imine (C=N–C) groups is 2. The number of esters is 4. The number of hydrogen-bond acceptors (Lipinski definition) is 29. The number of ether oxygens (including phenoxy) is 12. The van der Waals surface area contributed by atoms with Gasteiger partial charge in [0.25, 0.3) is 0 Å². The van der Waals surface area contributed by atoms with E-state index in [0.717, 1.165) is 72.0 Å². The van der Waals surface area contributed by atoms with Crippen molar-refractivity contribution < 1.29 is 112 Å². The first kappa shape index (κ1) is 99.8. The van der Waals surface area contributed by atoms with Gasteiger partial charge in [0.05, 0.1) is 155 Å². The summed E-state index contributed by atoms with van der Waals surface area (Å²) in [4.78, 5) is 68.2. The Kier molecular flexibility index (Phi) is 40.5. The molecule has 1 N–H and O–H groups in total. The molecule has 8 aromatic rings. The van der Waals surface area contributed by atoms with E-state index in [2.05, 4.69) is 79.2 Å². The number of hydrogen-bond donors (Lipinski definition) is 1. The van der Waals surface area contributed by atoms with Crippen LogP contribution in [0.3, 0.4) is 0 Å². The van der Waals surface area contributed by atoms with Crippen molar-refractivity contribution in [2.45, 2.75) is 151 Å². The highest BCUT2D eigenvalue weighted by atomic mass is 32.2. The predicted octanol–water partition coefficient (Wildman–Crippen LogP) is 13.3. The lowest BCUT2D eigenvalue weighted by molar-refractivity contribution is -0.609. The zero-order valence-corrected chi connectivity index (χ0v) is 73.3. The molecular weight excluding hydrogens is 1670 g/mol. The normalized spacial score (nSPS) is 13.4. The Balaban J connectivity index is 0.000000264. The van der Waals surface area contributed by atoms with Crippen LogP contribution in [0.25, 0.3) is 30.9 Å². The number of aryl methyl sites for hydroxylation is 3. The third kappa shape index (κ3) is 33.1. The van der Waals surface area contributed by atoms with Crippen molar-refractivity contribution in [3.8, 4) is 21.5 Å². The topological polar surface area (TPSA) is 431 Å². The molecule has 4 aromatic heterocycles. The Bertz CT molecular complexity index is 5000. The molecule has 0 bridgehead atoms. The van der Waals surface area contributed by atoms with E-state index in [4.69, 9.17) is 101 Å². The van der Waals surface area contributed by atoms with Crippen LogP contribution >= 0.6 is 22.7 Å². The van der Waals surface area contributed by atoms with E-state index in [9.17, 15) is 32.3 Å². The zero-order chi connectivity index (χ0) is 89.7. The van der Waals surface area contributed by atoms with E-state index in [-0.39, 0.29) is 63.4 Å². The Morgan fingerprint density at radius 2 is 0.927 bits per heavy atom. The molecule has 0 radical (unpaired) electrons. The molecule has 0 aliphatic carbocycles. The Morgan fingerprint density at radius 1 is 0.537 bits per heavy atom. The van der Waals surface area contributed by atoms with E-state index in [0.29, 0.717) is 135 Å². The van der Waals surface area contributed by atoms with Gasteiger partial charge in [-0.2, -0.15) is 17.7 Å². The number of azide groups is 2. The van der Waals surface area contributed by atoms with E-state index in [1.165, 1.54) is 15.3 Å². The van der Waals surface area contributed by atoms with Crippen LogP contribution in [0.1, 0.15) is 157 Å². The van der Waals surface area contributed by atoms with Crippen LogP contribution in [-0.4, -0.2) is 213 Å². The lowest BCUT2D eigenvalue weighted by atomic mass is 10.00. The van der Waals surface area contributed by atoms with Crippen LogP contribution in [0.2, 0.25) is 0 Å². The predicted molar refractivity (Wildman–Crippen MR) is 449 cm³/mol. The average Bonchev–Trinajstić information content (AvgIpc) is 1.59. The number of thiophene rings is 2. The summed E-state index contributed by atoms with van der Waals surface area (Å²) in [6.07, 6.45) is 0.387. The molecule has 123 heavy (non-hydrogen) atoms. The molecule has 0 saturated carbocycles. The summed E-state index contributed by atoms with van der Waals surface area (Å²) in [5.41, 5.74) is 19.3. The minimum Gasteiger partial charge on any atom is -0.741 e.